The lowest BCUT2D eigenvalue weighted by Gasteiger charge is -2.53. The van der Waals surface area contributed by atoms with Crippen molar-refractivity contribution in [1.82, 2.24) is 10.2 Å². The highest BCUT2D eigenvalue weighted by Gasteiger charge is 2.46. The van der Waals surface area contributed by atoms with Crippen LogP contribution in [-0.4, -0.2) is 36.6 Å². The van der Waals surface area contributed by atoms with Gasteiger partial charge < -0.3 is 10.2 Å². The highest BCUT2D eigenvalue weighted by atomic mass is 15.2. The largest absolute Gasteiger partial charge is 0.310 e. The Labute approximate surface area is 119 Å². The fraction of sp³-hybridized carbons (Fsp3) is 1.00. The van der Waals surface area contributed by atoms with E-state index in [0.29, 0.717) is 11.5 Å². The predicted octanol–water partition coefficient (Wildman–Crippen LogP) is 3.56. The van der Waals surface area contributed by atoms with E-state index in [1.54, 1.807) is 0 Å². The second kappa shape index (κ2) is 6.13. The van der Waals surface area contributed by atoms with Crippen LogP contribution in [0.15, 0.2) is 0 Å². The summed E-state index contributed by atoms with van der Waals surface area (Å²) in [6.07, 6.45) is 14.7. The quantitative estimate of drug-likeness (QED) is 0.835. The van der Waals surface area contributed by atoms with Crippen molar-refractivity contribution in [3.05, 3.63) is 0 Å². The normalized spacial score (nSPS) is 33.0. The second-order valence-corrected chi connectivity index (χ2v) is 7.44. The Hall–Kier alpha value is -0.0800. The van der Waals surface area contributed by atoms with E-state index in [1.807, 2.05) is 0 Å². The monoisotopic (exact) mass is 264 g/mol. The summed E-state index contributed by atoms with van der Waals surface area (Å²) in [5, 5.41) is 3.98. The highest BCUT2D eigenvalue weighted by Crippen LogP contribution is 2.51. The molecule has 1 aliphatic heterocycles. The summed E-state index contributed by atoms with van der Waals surface area (Å²) in [7, 11) is 0. The zero-order valence-electron chi connectivity index (χ0n) is 12.8. The van der Waals surface area contributed by atoms with Crippen molar-refractivity contribution in [2.45, 2.75) is 83.2 Å². The van der Waals surface area contributed by atoms with Crippen LogP contribution in [0.2, 0.25) is 0 Å². The van der Waals surface area contributed by atoms with E-state index in [-0.39, 0.29) is 0 Å². The number of hydrogen-bond acceptors (Lipinski definition) is 2. The summed E-state index contributed by atoms with van der Waals surface area (Å²) in [5.74, 6) is 0. The third-order valence-electron chi connectivity index (χ3n) is 5.99. The van der Waals surface area contributed by atoms with Gasteiger partial charge in [-0.25, -0.2) is 0 Å². The van der Waals surface area contributed by atoms with Crippen LogP contribution in [0.1, 0.15) is 71.1 Å². The number of likely N-dealkylation sites (tertiary alicyclic amines) is 1. The minimum Gasteiger partial charge on any atom is -0.310 e. The SMILES string of the molecule is CC(CN1CCCCC1)NC1CCC12CCCCC2. The van der Waals surface area contributed by atoms with Crippen LogP contribution < -0.4 is 5.32 Å². The van der Waals surface area contributed by atoms with Crippen LogP contribution in [0.3, 0.4) is 0 Å². The first-order chi connectivity index (χ1) is 9.28. The third kappa shape index (κ3) is 3.16. The van der Waals surface area contributed by atoms with Crippen LogP contribution in [0, 0.1) is 5.41 Å². The molecular weight excluding hydrogens is 232 g/mol. The number of piperidine rings is 1. The van der Waals surface area contributed by atoms with Crippen molar-refractivity contribution < 1.29 is 0 Å². The van der Waals surface area contributed by atoms with Gasteiger partial charge in [-0.2, -0.15) is 0 Å². The standard InChI is InChI=1S/C17H32N2/c1-15(14-19-12-6-3-7-13-19)18-16-8-11-17(16)9-4-2-5-10-17/h15-16,18H,2-14H2,1H3. The van der Waals surface area contributed by atoms with Crippen molar-refractivity contribution in [3.8, 4) is 0 Å². The van der Waals surface area contributed by atoms with Gasteiger partial charge in [0.2, 0.25) is 0 Å². The van der Waals surface area contributed by atoms with Gasteiger partial charge in [-0.1, -0.05) is 25.7 Å². The van der Waals surface area contributed by atoms with E-state index >= 15 is 0 Å². The van der Waals surface area contributed by atoms with Gasteiger partial charge in [0, 0.05) is 18.6 Å². The molecule has 2 heteroatoms. The number of nitrogens with zero attached hydrogens (tertiary/aromatic N) is 1. The van der Waals surface area contributed by atoms with Crippen molar-refractivity contribution in [2.75, 3.05) is 19.6 Å². The Kier molecular flexibility index (Phi) is 4.48. The Morgan fingerprint density at radius 3 is 2.32 bits per heavy atom. The molecule has 1 spiro atoms. The number of hydrogen-bond donors (Lipinski definition) is 1. The van der Waals surface area contributed by atoms with Gasteiger partial charge in [0.05, 0.1) is 0 Å². The summed E-state index contributed by atoms with van der Waals surface area (Å²) in [6.45, 7) is 6.35. The minimum atomic E-state index is 0.683. The van der Waals surface area contributed by atoms with E-state index in [0.717, 1.165) is 6.04 Å². The van der Waals surface area contributed by atoms with E-state index in [9.17, 15) is 0 Å². The molecule has 2 saturated carbocycles. The lowest BCUT2D eigenvalue weighted by Crippen LogP contribution is -2.58. The molecule has 3 fully saturated rings. The lowest BCUT2D eigenvalue weighted by atomic mass is 9.57. The Bertz CT molecular complexity index is 277. The maximum atomic E-state index is 3.98. The molecule has 0 aromatic carbocycles. The van der Waals surface area contributed by atoms with Gasteiger partial charge in [0.25, 0.3) is 0 Å². The first-order valence-corrected chi connectivity index (χ1v) is 8.77. The summed E-state index contributed by atoms with van der Waals surface area (Å²) in [5.41, 5.74) is 0.717. The van der Waals surface area contributed by atoms with Crippen LogP contribution in [0.4, 0.5) is 0 Å². The Balaban J connectivity index is 1.45. The molecule has 1 heterocycles. The molecule has 1 saturated heterocycles. The molecule has 2 atom stereocenters. The predicted molar refractivity (Wildman–Crippen MR) is 81.4 cm³/mol. The topological polar surface area (TPSA) is 15.3 Å². The van der Waals surface area contributed by atoms with Crippen molar-refractivity contribution in [2.24, 2.45) is 5.41 Å². The molecule has 3 aliphatic rings. The number of nitrogens with one attached hydrogen (secondary N) is 1. The molecule has 0 aromatic rings. The van der Waals surface area contributed by atoms with E-state index in [2.05, 4.69) is 17.1 Å². The average molecular weight is 264 g/mol. The zero-order chi connectivity index (χ0) is 13.1. The van der Waals surface area contributed by atoms with Crippen LogP contribution in [-0.2, 0) is 0 Å². The van der Waals surface area contributed by atoms with Crippen molar-refractivity contribution in [3.63, 3.8) is 0 Å². The molecule has 0 amide bonds. The molecule has 3 rings (SSSR count). The summed E-state index contributed by atoms with van der Waals surface area (Å²) in [6, 6.07) is 1.52. The second-order valence-electron chi connectivity index (χ2n) is 7.44. The first-order valence-electron chi connectivity index (χ1n) is 8.77. The van der Waals surface area contributed by atoms with Gasteiger partial charge in [-0.3, -0.25) is 0 Å². The van der Waals surface area contributed by atoms with Crippen LogP contribution >= 0.6 is 0 Å². The molecule has 2 unspecified atom stereocenters. The van der Waals surface area contributed by atoms with Crippen molar-refractivity contribution >= 4 is 0 Å². The fourth-order valence-electron chi connectivity index (χ4n) is 4.74. The maximum Gasteiger partial charge on any atom is 0.0169 e. The fourth-order valence-corrected chi connectivity index (χ4v) is 4.74. The zero-order valence-corrected chi connectivity index (χ0v) is 12.8. The highest BCUT2D eigenvalue weighted by molar-refractivity contribution is 5.02. The molecule has 19 heavy (non-hydrogen) atoms. The van der Waals surface area contributed by atoms with Gasteiger partial charge in [0.15, 0.2) is 0 Å². The lowest BCUT2D eigenvalue weighted by molar-refractivity contribution is 0.0145. The molecule has 2 aliphatic carbocycles. The maximum absolute atomic E-state index is 3.98. The van der Waals surface area contributed by atoms with Gasteiger partial charge in [-0.15, -0.1) is 0 Å². The molecular formula is C17H32N2. The van der Waals surface area contributed by atoms with Crippen LogP contribution in [0.5, 0.6) is 0 Å². The van der Waals surface area contributed by atoms with Crippen molar-refractivity contribution in [1.29, 1.82) is 0 Å². The Morgan fingerprint density at radius 2 is 1.68 bits per heavy atom. The average Bonchev–Trinajstić information content (AvgIpc) is 2.46. The van der Waals surface area contributed by atoms with Crippen LogP contribution in [0.25, 0.3) is 0 Å². The van der Waals surface area contributed by atoms with Gasteiger partial charge >= 0.3 is 0 Å². The summed E-state index contributed by atoms with van der Waals surface area (Å²) in [4.78, 5) is 2.67. The number of rotatable bonds is 4. The summed E-state index contributed by atoms with van der Waals surface area (Å²) >= 11 is 0. The van der Waals surface area contributed by atoms with Gasteiger partial charge in [-0.05, 0) is 64.0 Å². The van der Waals surface area contributed by atoms with E-state index in [1.165, 1.54) is 83.8 Å². The molecule has 2 nitrogen and oxygen atoms in total. The van der Waals surface area contributed by atoms with E-state index < -0.39 is 0 Å². The van der Waals surface area contributed by atoms with E-state index in [4.69, 9.17) is 0 Å². The Morgan fingerprint density at radius 1 is 1.00 bits per heavy atom. The molecule has 0 bridgehead atoms. The molecule has 1 N–H and O–H groups in total. The minimum absolute atomic E-state index is 0.683. The molecule has 0 radical (unpaired) electrons. The summed E-state index contributed by atoms with van der Waals surface area (Å²) < 4.78 is 0. The first kappa shape index (κ1) is 13.9. The smallest absolute Gasteiger partial charge is 0.0169 e. The van der Waals surface area contributed by atoms with Gasteiger partial charge in [0.1, 0.15) is 0 Å². The molecule has 110 valence electrons. The third-order valence-corrected chi connectivity index (χ3v) is 5.99. The molecule has 0 aromatic heterocycles.